The van der Waals surface area contributed by atoms with Crippen LogP contribution in [0.1, 0.15) is 53.2 Å². The molecule has 0 fully saturated rings. The average Bonchev–Trinajstić information content (AvgIpc) is 3.98. The molecule has 1 atom stereocenters. The third-order valence-corrected chi connectivity index (χ3v) is 11.5. The summed E-state index contributed by atoms with van der Waals surface area (Å²) < 4.78 is 6.36. The number of H-pyrrole nitrogens is 2. The summed E-state index contributed by atoms with van der Waals surface area (Å²) in [6, 6.07) is 31.3. The van der Waals surface area contributed by atoms with Gasteiger partial charge in [0.15, 0.2) is 0 Å². The molecule has 0 bridgehead atoms. The Labute approximate surface area is 322 Å². The molecule has 10 rings (SSSR count). The zero-order valence-corrected chi connectivity index (χ0v) is 30.5. The zero-order valence-electron chi connectivity index (χ0n) is 28.9. The van der Waals surface area contributed by atoms with E-state index in [1.807, 2.05) is 66.7 Å². The Morgan fingerprint density at radius 3 is 2.40 bits per heavy atom. The normalized spacial score (nSPS) is 15.8. The predicted octanol–water partition coefficient (Wildman–Crippen LogP) is 8.45. The lowest BCUT2D eigenvalue weighted by Gasteiger charge is -2.22. The van der Waals surface area contributed by atoms with E-state index in [2.05, 4.69) is 15.3 Å². The molecule has 5 aromatic carbocycles. The summed E-state index contributed by atoms with van der Waals surface area (Å²) >= 11 is 7.87. The van der Waals surface area contributed by atoms with Gasteiger partial charge in [-0.1, -0.05) is 54.2 Å². The SMILES string of the molecule is O=C(Nc1ccc2[nH]c(C(=O)N3CC(CCl)c4c3cc3c5c(cccc45)N=C(SCCN4C(=O)c5ccccc5C4=O)O3)cc2c1)c1cc2ccccc2[nH]1. The number of halogens is 1. The van der Waals surface area contributed by atoms with Crippen LogP contribution in [0.25, 0.3) is 32.6 Å². The predicted molar refractivity (Wildman–Crippen MR) is 216 cm³/mol. The van der Waals surface area contributed by atoms with Crippen LogP contribution in [0.4, 0.5) is 17.1 Å². The van der Waals surface area contributed by atoms with Crippen molar-refractivity contribution in [3.8, 4) is 5.75 Å². The van der Waals surface area contributed by atoms with Gasteiger partial charge in [0.2, 0.25) is 0 Å². The lowest BCUT2D eigenvalue weighted by atomic mass is 9.94. The second kappa shape index (κ2) is 12.9. The summed E-state index contributed by atoms with van der Waals surface area (Å²) in [7, 11) is 0. The molecule has 0 spiro atoms. The maximum atomic E-state index is 14.3. The lowest BCUT2D eigenvalue weighted by molar-refractivity contribution is 0.0663. The Morgan fingerprint density at radius 2 is 1.60 bits per heavy atom. The maximum Gasteiger partial charge on any atom is 0.274 e. The number of para-hydroxylation sites is 1. The van der Waals surface area contributed by atoms with Gasteiger partial charge in [-0.15, -0.1) is 11.6 Å². The summed E-state index contributed by atoms with van der Waals surface area (Å²) in [5, 5.41) is 6.81. The van der Waals surface area contributed by atoms with E-state index in [1.165, 1.54) is 16.7 Å². The van der Waals surface area contributed by atoms with Gasteiger partial charge in [-0.3, -0.25) is 24.1 Å². The summed E-state index contributed by atoms with van der Waals surface area (Å²) in [6.45, 7) is 0.577. The first kappa shape index (κ1) is 33.2. The van der Waals surface area contributed by atoms with Gasteiger partial charge in [0.05, 0.1) is 27.9 Å². The van der Waals surface area contributed by atoms with Crippen LogP contribution in [-0.4, -0.2) is 68.4 Å². The average molecular weight is 765 g/mol. The highest BCUT2D eigenvalue weighted by Gasteiger charge is 2.38. The van der Waals surface area contributed by atoms with E-state index >= 15 is 0 Å². The number of hydrogen-bond acceptors (Lipinski definition) is 7. The van der Waals surface area contributed by atoms with Gasteiger partial charge in [-0.2, -0.15) is 0 Å². The Morgan fingerprint density at radius 1 is 0.855 bits per heavy atom. The van der Waals surface area contributed by atoms with Crippen LogP contribution in [0.2, 0.25) is 0 Å². The van der Waals surface area contributed by atoms with Crippen LogP contribution in [0.15, 0.2) is 108 Å². The quantitative estimate of drug-likeness (QED) is 0.110. The van der Waals surface area contributed by atoms with Crippen molar-refractivity contribution in [3.05, 3.63) is 131 Å². The van der Waals surface area contributed by atoms with Gasteiger partial charge in [0, 0.05) is 64.2 Å². The molecule has 3 aliphatic rings. The fourth-order valence-electron chi connectivity index (χ4n) is 7.80. The zero-order chi connectivity index (χ0) is 37.4. The first-order chi connectivity index (χ1) is 26.8. The molecule has 5 heterocycles. The van der Waals surface area contributed by atoms with Crippen molar-refractivity contribution in [2.24, 2.45) is 4.99 Å². The fraction of sp³-hybridized carbons (Fsp3) is 0.119. The Hall–Kier alpha value is -6.37. The van der Waals surface area contributed by atoms with Gasteiger partial charge in [-0.05, 0) is 65.5 Å². The van der Waals surface area contributed by atoms with Gasteiger partial charge in [0.1, 0.15) is 17.1 Å². The number of benzene rings is 5. The van der Waals surface area contributed by atoms with Gasteiger partial charge in [0.25, 0.3) is 28.9 Å². The fourth-order valence-corrected chi connectivity index (χ4v) is 8.81. The van der Waals surface area contributed by atoms with Crippen molar-refractivity contribution < 1.29 is 23.9 Å². The van der Waals surface area contributed by atoms with E-state index < -0.39 is 0 Å². The lowest BCUT2D eigenvalue weighted by Crippen LogP contribution is -2.32. The van der Waals surface area contributed by atoms with Crippen molar-refractivity contribution in [1.29, 1.82) is 0 Å². The van der Waals surface area contributed by atoms with Crippen LogP contribution in [-0.2, 0) is 0 Å². The van der Waals surface area contributed by atoms with Gasteiger partial charge in [-0.25, -0.2) is 4.99 Å². The van der Waals surface area contributed by atoms with Crippen LogP contribution in [0, 0.1) is 0 Å². The van der Waals surface area contributed by atoms with Crippen molar-refractivity contribution >= 4 is 102 Å². The Kier molecular flexibility index (Phi) is 7.79. The minimum absolute atomic E-state index is 0.125. The molecule has 1 unspecified atom stereocenters. The Bertz CT molecular complexity index is 2780. The van der Waals surface area contributed by atoms with E-state index in [9.17, 15) is 19.2 Å². The van der Waals surface area contributed by atoms with Crippen molar-refractivity contribution in [2.75, 3.05) is 34.9 Å². The number of aromatic amines is 2. The van der Waals surface area contributed by atoms with Gasteiger partial charge < -0.3 is 24.9 Å². The number of carbonyl (C=O) groups excluding carboxylic acids is 4. The molecule has 3 N–H and O–H groups in total. The number of carbonyl (C=O) groups is 4. The number of fused-ring (bicyclic) bond motifs is 5. The number of rotatable bonds is 7. The first-order valence-corrected chi connectivity index (χ1v) is 19.2. The highest BCUT2D eigenvalue weighted by Crippen LogP contribution is 2.50. The molecule has 0 saturated heterocycles. The molecule has 0 saturated carbocycles. The maximum absolute atomic E-state index is 14.3. The largest absolute Gasteiger partial charge is 0.433 e. The molecule has 2 aromatic heterocycles. The van der Waals surface area contributed by atoms with E-state index in [1.54, 1.807) is 41.3 Å². The molecule has 4 amide bonds. The number of nitrogens with one attached hydrogen (secondary N) is 3. The molecular weight excluding hydrogens is 736 g/mol. The number of amides is 4. The Balaban J connectivity index is 0.897. The van der Waals surface area contributed by atoms with Crippen molar-refractivity contribution in [3.63, 3.8) is 0 Å². The van der Waals surface area contributed by atoms with E-state index in [4.69, 9.17) is 21.3 Å². The molecule has 0 aliphatic carbocycles. The highest BCUT2D eigenvalue weighted by molar-refractivity contribution is 8.13. The number of nitrogens with zero attached hydrogens (tertiary/aromatic N) is 3. The monoisotopic (exact) mass is 764 g/mol. The first-order valence-electron chi connectivity index (χ1n) is 17.7. The van der Waals surface area contributed by atoms with Crippen LogP contribution < -0.4 is 15.0 Å². The highest BCUT2D eigenvalue weighted by atomic mass is 35.5. The number of hydrogen-bond donors (Lipinski definition) is 3. The molecule has 7 aromatic rings. The number of alkyl halides is 1. The van der Waals surface area contributed by atoms with Crippen molar-refractivity contribution in [2.45, 2.75) is 5.92 Å². The molecule has 0 radical (unpaired) electrons. The summed E-state index contributed by atoms with van der Waals surface area (Å²) in [4.78, 5) is 67.3. The van der Waals surface area contributed by atoms with Crippen LogP contribution in [0.3, 0.4) is 0 Å². The smallest absolute Gasteiger partial charge is 0.274 e. The van der Waals surface area contributed by atoms with Crippen LogP contribution >= 0.6 is 23.4 Å². The van der Waals surface area contributed by atoms with E-state index in [0.29, 0.717) is 63.0 Å². The number of thioether (sulfide) groups is 1. The summed E-state index contributed by atoms with van der Waals surface area (Å²) in [5.74, 6) is 0.0261. The molecule has 13 heteroatoms. The van der Waals surface area contributed by atoms with Gasteiger partial charge >= 0.3 is 0 Å². The standard InChI is InChI=1S/C42H29ClN6O5S/c43-20-24-21-49(41(53)33-18-23-16-25(12-13-30(23)46-33)44-38(50)32-17-22-6-1-4-10-29(22)45-32)34-19-35-37-28(36(24)34)9-5-11-31(37)47-42(54-35)55-15-14-48-39(51)26-7-2-3-8-27(26)40(48)52/h1-13,16-19,24,45-46H,14-15,20-21H2,(H,44,50). The third-order valence-electron chi connectivity index (χ3n) is 10.4. The van der Waals surface area contributed by atoms with E-state index in [0.717, 1.165) is 43.8 Å². The minimum Gasteiger partial charge on any atom is -0.433 e. The second-order valence-electron chi connectivity index (χ2n) is 13.6. The van der Waals surface area contributed by atoms with Crippen LogP contribution in [0.5, 0.6) is 5.75 Å². The van der Waals surface area contributed by atoms with E-state index in [-0.39, 0.29) is 36.1 Å². The molecule has 270 valence electrons. The number of aliphatic imine (C=N–C) groups is 1. The topological polar surface area (TPSA) is 140 Å². The molecule has 55 heavy (non-hydrogen) atoms. The number of anilines is 2. The summed E-state index contributed by atoms with van der Waals surface area (Å²) in [5.41, 5.74) is 6.29. The number of ether oxygens (including phenoxy) is 1. The van der Waals surface area contributed by atoms with Crippen molar-refractivity contribution in [1.82, 2.24) is 14.9 Å². The third kappa shape index (κ3) is 5.47. The number of aromatic nitrogens is 2. The second-order valence-corrected chi connectivity index (χ2v) is 15.0. The molecule has 11 nitrogen and oxygen atoms in total. The molecular formula is C42H29ClN6O5S. The summed E-state index contributed by atoms with van der Waals surface area (Å²) in [6.07, 6.45) is 0. The minimum atomic E-state index is -0.305. The molecule has 3 aliphatic heterocycles. The number of imide groups is 1.